The number of rotatable bonds is 8. The van der Waals surface area contributed by atoms with Gasteiger partial charge in [-0.3, -0.25) is 0 Å². The number of hydrogen-bond acceptors (Lipinski definition) is 2. The van der Waals surface area contributed by atoms with E-state index in [1.165, 1.54) is 0 Å². The van der Waals surface area contributed by atoms with Gasteiger partial charge in [-0.05, 0) is 31.9 Å². The second-order valence-electron chi connectivity index (χ2n) is 4.54. The Morgan fingerprint density at radius 1 is 1.11 bits per heavy atom. The number of carbonyl (C=O) groups excluding carboxylic acids is 1. The Balaban J connectivity index is 1.94. The molecule has 0 saturated carbocycles. The Kier molecular flexibility index (Phi) is 8.42. The van der Waals surface area contributed by atoms with Crippen molar-refractivity contribution in [3.63, 3.8) is 0 Å². The van der Waals surface area contributed by atoms with Crippen molar-refractivity contribution in [3.05, 3.63) is 35.9 Å². The molecule has 0 spiro atoms. The van der Waals surface area contributed by atoms with E-state index in [-0.39, 0.29) is 5.78 Å². The van der Waals surface area contributed by atoms with Crippen molar-refractivity contribution in [2.24, 2.45) is 0 Å². The van der Waals surface area contributed by atoms with Gasteiger partial charge < -0.3 is 9.53 Å². The first-order valence-corrected chi connectivity index (χ1v) is 6.90. The highest BCUT2D eigenvalue weighted by Gasteiger charge is 1.93. The molecular formula is C17H22O2. The molecule has 0 aliphatic rings. The van der Waals surface area contributed by atoms with Crippen molar-refractivity contribution in [3.8, 4) is 11.8 Å². The topological polar surface area (TPSA) is 26.3 Å². The van der Waals surface area contributed by atoms with Crippen molar-refractivity contribution >= 4 is 5.78 Å². The lowest BCUT2D eigenvalue weighted by molar-refractivity contribution is -0.117. The van der Waals surface area contributed by atoms with Crippen molar-refractivity contribution < 1.29 is 9.53 Å². The Bertz CT molecular complexity index is 412. The smallest absolute Gasteiger partial charge is 0.129 e. The third-order valence-corrected chi connectivity index (χ3v) is 2.70. The molecule has 0 N–H and O–H groups in total. The average molecular weight is 258 g/mol. The van der Waals surface area contributed by atoms with E-state index in [2.05, 4.69) is 11.8 Å². The number of benzene rings is 1. The molecule has 1 rings (SSSR count). The van der Waals surface area contributed by atoms with Crippen molar-refractivity contribution in [2.75, 3.05) is 13.2 Å². The summed E-state index contributed by atoms with van der Waals surface area (Å²) < 4.78 is 5.49. The summed E-state index contributed by atoms with van der Waals surface area (Å²) in [4.78, 5) is 10.7. The lowest BCUT2D eigenvalue weighted by Gasteiger charge is -2.01. The second-order valence-corrected chi connectivity index (χ2v) is 4.54. The zero-order valence-electron chi connectivity index (χ0n) is 11.7. The second kappa shape index (κ2) is 10.3. The van der Waals surface area contributed by atoms with Gasteiger partial charge in [-0.25, -0.2) is 0 Å². The van der Waals surface area contributed by atoms with E-state index in [1.807, 2.05) is 30.3 Å². The predicted octanol–water partition coefficient (Wildman–Crippen LogP) is 3.59. The lowest BCUT2D eigenvalue weighted by atomic mass is 10.1. The van der Waals surface area contributed by atoms with Crippen LogP contribution in [0, 0.1) is 11.8 Å². The van der Waals surface area contributed by atoms with E-state index < -0.39 is 0 Å². The molecule has 2 heteroatoms. The Hall–Kier alpha value is -1.59. The zero-order chi connectivity index (χ0) is 13.8. The van der Waals surface area contributed by atoms with Gasteiger partial charge in [-0.1, -0.05) is 36.5 Å². The highest BCUT2D eigenvalue weighted by atomic mass is 16.5. The predicted molar refractivity (Wildman–Crippen MR) is 77.9 cm³/mol. The van der Waals surface area contributed by atoms with Crippen LogP contribution in [0.1, 0.15) is 44.6 Å². The zero-order valence-corrected chi connectivity index (χ0v) is 11.7. The number of ether oxygens (including phenoxy) is 1. The molecule has 0 aromatic heterocycles. The van der Waals surface area contributed by atoms with Crippen LogP contribution in [0.2, 0.25) is 0 Å². The molecule has 0 fully saturated rings. The highest BCUT2D eigenvalue weighted by Crippen LogP contribution is 2.01. The Morgan fingerprint density at radius 3 is 2.63 bits per heavy atom. The normalized spacial score (nSPS) is 9.74. The molecule has 0 heterocycles. The Labute approximate surface area is 116 Å². The van der Waals surface area contributed by atoms with Gasteiger partial charge in [-0.15, -0.1) is 0 Å². The van der Waals surface area contributed by atoms with E-state index in [1.54, 1.807) is 6.92 Å². The summed E-state index contributed by atoms with van der Waals surface area (Å²) in [6.45, 7) is 3.10. The van der Waals surface area contributed by atoms with Gasteiger partial charge >= 0.3 is 0 Å². The minimum absolute atomic E-state index is 0.275. The van der Waals surface area contributed by atoms with Gasteiger partial charge in [0.25, 0.3) is 0 Å². The number of Topliss-reactive ketones (excluding diaryl/α,β-unsaturated/α-hetero) is 1. The fourth-order valence-corrected chi connectivity index (χ4v) is 1.67. The van der Waals surface area contributed by atoms with E-state index in [9.17, 15) is 4.79 Å². The summed E-state index contributed by atoms with van der Waals surface area (Å²) in [5, 5.41) is 0. The van der Waals surface area contributed by atoms with Gasteiger partial charge in [0.05, 0.1) is 6.61 Å². The number of carbonyl (C=O) groups is 1. The molecule has 1 aromatic carbocycles. The van der Waals surface area contributed by atoms with Crippen molar-refractivity contribution in [1.82, 2.24) is 0 Å². The van der Waals surface area contributed by atoms with Crippen LogP contribution in [-0.2, 0) is 9.53 Å². The largest absolute Gasteiger partial charge is 0.380 e. The molecule has 0 amide bonds. The number of unbranched alkanes of at least 4 members (excludes halogenated alkanes) is 2. The molecule has 1 aromatic rings. The quantitative estimate of drug-likeness (QED) is 0.526. The summed E-state index contributed by atoms with van der Waals surface area (Å²) in [7, 11) is 0. The fourth-order valence-electron chi connectivity index (χ4n) is 1.67. The van der Waals surface area contributed by atoms with Gasteiger partial charge in [0.1, 0.15) is 5.78 Å². The van der Waals surface area contributed by atoms with E-state index in [0.29, 0.717) is 13.0 Å². The standard InChI is InChI=1S/C17H22O2/c1-16(18)10-4-3-8-14-19-15-9-7-13-17-11-5-2-6-12-17/h2,5-6,11-12H,3-4,8-10,14-15H2,1H3. The number of ketones is 1. The molecule has 0 unspecified atom stereocenters. The Morgan fingerprint density at radius 2 is 1.89 bits per heavy atom. The van der Waals surface area contributed by atoms with Crippen LogP contribution in [0.5, 0.6) is 0 Å². The van der Waals surface area contributed by atoms with Crippen LogP contribution in [-0.4, -0.2) is 19.0 Å². The van der Waals surface area contributed by atoms with Gasteiger partial charge in [0, 0.05) is 25.0 Å². The van der Waals surface area contributed by atoms with Crippen LogP contribution in [0.15, 0.2) is 30.3 Å². The third-order valence-electron chi connectivity index (χ3n) is 2.70. The molecule has 0 aliphatic carbocycles. The maximum Gasteiger partial charge on any atom is 0.129 e. The highest BCUT2D eigenvalue weighted by molar-refractivity contribution is 5.75. The summed E-state index contributed by atoms with van der Waals surface area (Å²) in [5.41, 5.74) is 1.05. The minimum Gasteiger partial charge on any atom is -0.380 e. The first-order chi connectivity index (χ1) is 9.29. The fraction of sp³-hybridized carbons (Fsp3) is 0.471. The lowest BCUT2D eigenvalue weighted by Crippen LogP contribution is -1.97. The third kappa shape index (κ3) is 9.04. The molecule has 102 valence electrons. The molecule has 0 aliphatic heterocycles. The van der Waals surface area contributed by atoms with Crippen molar-refractivity contribution in [1.29, 1.82) is 0 Å². The monoisotopic (exact) mass is 258 g/mol. The molecule has 19 heavy (non-hydrogen) atoms. The van der Waals surface area contributed by atoms with Gasteiger partial charge in [-0.2, -0.15) is 0 Å². The summed E-state index contributed by atoms with van der Waals surface area (Å²) in [6, 6.07) is 9.97. The number of hydrogen-bond donors (Lipinski definition) is 0. The van der Waals surface area contributed by atoms with E-state index >= 15 is 0 Å². The van der Waals surface area contributed by atoms with E-state index in [4.69, 9.17) is 4.74 Å². The molecule has 2 nitrogen and oxygen atoms in total. The van der Waals surface area contributed by atoms with E-state index in [0.717, 1.165) is 37.9 Å². The SMILES string of the molecule is CC(=O)CCCCCOCCC#Cc1ccccc1. The summed E-state index contributed by atoms with van der Waals surface area (Å²) in [6.07, 6.45) is 4.53. The summed E-state index contributed by atoms with van der Waals surface area (Å²) in [5.74, 6) is 6.47. The van der Waals surface area contributed by atoms with Crippen LogP contribution in [0.3, 0.4) is 0 Å². The maximum atomic E-state index is 10.7. The van der Waals surface area contributed by atoms with Crippen LogP contribution < -0.4 is 0 Å². The minimum atomic E-state index is 0.275. The van der Waals surface area contributed by atoms with Gasteiger partial charge in [0.15, 0.2) is 0 Å². The van der Waals surface area contributed by atoms with Crippen LogP contribution in [0.25, 0.3) is 0 Å². The maximum absolute atomic E-state index is 10.7. The molecule has 0 bridgehead atoms. The van der Waals surface area contributed by atoms with Crippen LogP contribution >= 0.6 is 0 Å². The molecule has 0 saturated heterocycles. The molecule has 0 atom stereocenters. The first-order valence-electron chi connectivity index (χ1n) is 6.90. The molecule has 0 radical (unpaired) electrons. The average Bonchev–Trinajstić information content (AvgIpc) is 2.42. The summed E-state index contributed by atoms with van der Waals surface area (Å²) >= 11 is 0. The van der Waals surface area contributed by atoms with Crippen LogP contribution in [0.4, 0.5) is 0 Å². The molecular weight excluding hydrogens is 236 g/mol. The van der Waals surface area contributed by atoms with Crippen molar-refractivity contribution in [2.45, 2.75) is 39.0 Å². The van der Waals surface area contributed by atoms with Gasteiger partial charge in [0.2, 0.25) is 0 Å². The first kappa shape index (κ1) is 15.5.